The van der Waals surface area contributed by atoms with Gasteiger partial charge in [-0.3, -0.25) is 4.79 Å². The average Bonchev–Trinajstić information content (AvgIpc) is 3.08. The zero-order valence-corrected chi connectivity index (χ0v) is 14.9. The molecule has 26 heavy (non-hydrogen) atoms. The molecule has 0 saturated heterocycles. The van der Waals surface area contributed by atoms with Crippen LogP contribution >= 0.6 is 11.6 Å². The summed E-state index contributed by atoms with van der Waals surface area (Å²) in [5.74, 6) is 0. The summed E-state index contributed by atoms with van der Waals surface area (Å²) >= 11 is 6.15. The topological polar surface area (TPSA) is 62.2 Å². The highest BCUT2D eigenvalue weighted by molar-refractivity contribution is 6.31. The molecule has 4 aromatic rings. The summed E-state index contributed by atoms with van der Waals surface area (Å²) in [4.78, 5) is 15.7. The van der Waals surface area contributed by atoms with Crippen molar-refractivity contribution in [3.63, 3.8) is 0 Å². The second kappa shape index (κ2) is 6.69. The third-order valence-electron chi connectivity index (χ3n) is 4.31. The SMILES string of the molecule is Cc1c(Cl)cccc1NCc1cc(=O)n2nc(-c3ccccc3)cc2[nH]1. The van der Waals surface area contributed by atoms with Gasteiger partial charge in [0.15, 0.2) is 0 Å². The van der Waals surface area contributed by atoms with E-state index in [0.29, 0.717) is 17.2 Å². The van der Waals surface area contributed by atoms with Gasteiger partial charge in [-0.2, -0.15) is 9.61 Å². The molecule has 0 unspecified atom stereocenters. The van der Waals surface area contributed by atoms with Crippen molar-refractivity contribution < 1.29 is 0 Å². The van der Waals surface area contributed by atoms with Crippen LogP contribution in [0, 0.1) is 6.92 Å². The summed E-state index contributed by atoms with van der Waals surface area (Å²) < 4.78 is 1.39. The van der Waals surface area contributed by atoms with Gasteiger partial charge >= 0.3 is 0 Å². The van der Waals surface area contributed by atoms with Crippen molar-refractivity contribution in [2.24, 2.45) is 0 Å². The van der Waals surface area contributed by atoms with Gasteiger partial charge in [-0.1, -0.05) is 48.0 Å². The van der Waals surface area contributed by atoms with Gasteiger partial charge in [-0.25, -0.2) is 0 Å². The maximum absolute atomic E-state index is 12.4. The molecule has 0 amide bonds. The van der Waals surface area contributed by atoms with Crippen molar-refractivity contribution in [2.45, 2.75) is 13.5 Å². The number of anilines is 1. The zero-order valence-electron chi connectivity index (χ0n) is 14.2. The number of hydrogen-bond donors (Lipinski definition) is 2. The molecule has 130 valence electrons. The number of aromatic nitrogens is 3. The Morgan fingerprint density at radius 3 is 2.73 bits per heavy atom. The van der Waals surface area contributed by atoms with E-state index in [4.69, 9.17) is 11.6 Å². The molecule has 0 aliphatic rings. The summed E-state index contributed by atoms with van der Waals surface area (Å²) in [6.07, 6.45) is 0. The second-order valence-corrected chi connectivity index (χ2v) is 6.50. The Morgan fingerprint density at radius 1 is 1.12 bits per heavy atom. The van der Waals surface area contributed by atoms with Gasteiger partial charge < -0.3 is 10.3 Å². The van der Waals surface area contributed by atoms with Crippen LogP contribution in [0.25, 0.3) is 16.9 Å². The van der Waals surface area contributed by atoms with Crippen LogP contribution in [0.4, 0.5) is 5.69 Å². The Morgan fingerprint density at radius 2 is 1.92 bits per heavy atom. The minimum atomic E-state index is -0.166. The zero-order chi connectivity index (χ0) is 18.1. The first-order chi connectivity index (χ1) is 12.6. The van der Waals surface area contributed by atoms with Crippen LogP contribution in [0.1, 0.15) is 11.3 Å². The number of nitrogens with zero attached hydrogens (tertiary/aromatic N) is 2. The van der Waals surface area contributed by atoms with Crippen LogP contribution in [-0.4, -0.2) is 14.6 Å². The fourth-order valence-corrected chi connectivity index (χ4v) is 3.06. The predicted octanol–water partition coefficient (Wildman–Crippen LogP) is 4.26. The molecule has 0 aliphatic carbocycles. The van der Waals surface area contributed by atoms with E-state index < -0.39 is 0 Å². The molecule has 5 nitrogen and oxygen atoms in total. The first-order valence-electron chi connectivity index (χ1n) is 8.28. The third-order valence-corrected chi connectivity index (χ3v) is 4.72. The van der Waals surface area contributed by atoms with E-state index in [1.807, 2.05) is 61.5 Å². The minimum Gasteiger partial charge on any atom is -0.379 e. The number of nitrogens with one attached hydrogen (secondary N) is 2. The van der Waals surface area contributed by atoms with Crippen LogP contribution in [0.15, 0.2) is 65.5 Å². The van der Waals surface area contributed by atoms with Gasteiger partial charge in [0.2, 0.25) is 0 Å². The highest BCUT2D eigenvalue weighted by Gasteiger charge is 2.09. The molecule has 2 aromatic carbocycles. The Hall–Kier alpha value is -3.05. The van der Waals surface area contributed by atoms with E-state index in [1.54, 1.807) is 6.07 Å². The van der Waals surface area contributed by atoms with Crippen LogP contribution in [-0.2, 0) is 6.54 Å². The highest BCUT2D eigenvalue weighted by Crippen LogP contribution is 2.23. The molecule has 0 atom stereocenters. The van der Waals surface area contributed by atoms with Gasteiger partial charge in [-0.05, 0) is 24.6 Å². The van der Waals surface area contributed by atoms with Crippen molar-refractivity contribution in [1.82, 2.24) is 14.6 Å². The van der Waals surface area contributed by atoms with Crippen molar-refractivity contribution in [2.75, 3.05) is 5.32 Å². The average molecular weight is 365 g/mol. The summed E-state index contributed by atoms with van der Waals surface area (Å²) in [5.41, 5.74) is 4.93. The van der Waals surface area contributed by atoms with E-state index in [1.165, 1.54) is 4.52 Å². The van der Waals surface area contributed by atoms with E-state index in [2.05, 4.69) is 15.4 Å². The third kappa shape index (κ3) is 3.09. The van der Waals surface area contributed by atoms with Crippen molar-refractivity contribution in [3.05, 3.63) is 87.3 Å². The van der Waals surface area contributed by atoms with E-state index in [0.717, 1.165) is 28.2 Å². The van der Waals surface area contributed by atoms with Crippen molar-refractivity contribution in [1.29, 1.82) is 0 Å². The molecule has 2 heterocycles. The molecular weight excluding hydrogens is 348 g/mol. The van der Waals surface area contributed by atoms with Gasteiger partial charge in [-0.15, -0.1) is 0 Å². The maximum Gasteiger partial charge on any atom is 0.274 e. The standard InChI is InChI=1S/C20H17ClN4O/c1-13-16(21)8-5-9-17(13)22-12-15-10-20(26)25-19(23-15)11-18(24-25)14-6-3-2-4-7-14/h2-11,22-23H,12H2,1H3. The molecule has 0 fully saturated rings. The molecule has 0 bridgehead atoms. The number of hydrogen-bond acceptors (Lipinski definition) is 3. The van der Waals surface area contributed by atoms with Gasteiger partial charge in [0.1, 0.15) is 5.65 Å². The van der Waals surface area contributed by atoms with Crippen molar-refractivity contribution >= 4 is 22.9 Å². The molecule has 0 aliphatic heterocycles. The maximum atomic E-state index is 12.4. The first-order valence-corrected chi connectivity index (χ1v) is 8.66. The first kappa shape index (κ1) is 16.4. The molecule has 0 radical (unpaired) electrons. The molecule has 2 N–H and O–H groups in total. The molecule has 2 aromatic heterocycles. The number of benzene rings is 2. The summed E-state index contributed by atoms with van der Waals surface area (Å²) in [6.45, 7) is 2.44. The second-order valence-electron chi connectivity index (χ2n) is 6.09. The van der Waals surface area contributed by atoms with Crippen LogP contribution in [0.5, 0.6) is 0 Å². The van der Waals surface area contributed by atoms with E-state index >= 15 is 0 Å². The van der Waals surface area contributed by atoms with E-state index in [-0.39, 0.29) is 5.56 Å². The number of halogens is 1. The normalized spacial score (nSPS) is 11.0. The van der Waals surface area contributed by atoms with E-state index in [9.17, 15) is 4.79 Å². The fraction of sp³-hybridized carbons (Fsp3) is 0.100. The summed E-state index contributed by atoms with van der Waals surface area (Å²) in [7, 11) is 0. The molecule has 0 saturated carbocycles. The molecule has 0 spiro atoms. The Bertz CT molecular complexity index is 1130. The highest BCUT2D eigenvalue weighted by atomic mass is 35.5. The summed E-state index contributed by atoms with van der Waals surface area (Å²) in [5, 5.41) is 8.43. The smallest absolute Gasteiger partial charge is 0.274 e. The van der Waals surface area contributed by atoms with Crippen LogP contribution < -0.4 is 10.9 Å². The summed E-state index contributed by atoms with van der Waals surface area (Å²) in [6, 6.07) is 18.9. The van der Waals surface area contributed by atoms with Crippen LogP contribution in [0.3, 0.4) is 0 Å². The Labute approximate surface area is 155 Å². The van der Waals surface area contributed by atoms with Gasteiger partial charge in [0.25, 0.3) is 5.56 Å². The number of H-pyrrole nitrogens is 1. The Kier molecular flexibility index (Phi) is 4.22. The van der Waals surface area contributed by atoms with Gasteiger partial charge in [0, 0.05) is 34.1 Å². The van der Waals surface area contributed by atoms with Gasteiger partial charge in [0.05, 0.1) is 12.2 Å². The lowest BCUT2D eigenvalue weighted by atomic mass is 10.2. The fourth-order valence-electron chi connectivity index (χ4n) is 2.88. The predicted molar refractivity (Wildman–Crippen MR) is 105 cm³/mol. The number of rotatable bonds is 4. The lowest BCUT2D eigenvalue weighted by Gasteiger charge is -2.10. The lowest BCUT2D eigenvalue weighted by Crippen LogP contribution is -2.17. The largest absolute Gasteiger partial charge is 0.379 e. The molecule has 6 heteroatoms. The number of fused-ring (bicyclic) bond motifs is 1. The molecular formula is C20H17ClN4O. The molecule has 4 rings (SSSR count). The van der Waals surface area contributed by atoms with Crippen LogP contribution in [0.2, 0.25) is 5.02 Å². The monoisotopic (exact) mass is 364 g/mol. The Balaban J connectivity index is 1.65. The van der Waals surface area contributed by atoms with Crippen molar-refractivity contribution in [3.8, 4) is 11.3 Å². The minimum absolute atomic E-state index is 0.166. The quantitative estimate of drug-likeness (QED) is 0.568. The lowest BCUT2D eigenvalue weighted by molar-refractivity contribution is 0.880. The number of aromatic amines is 1.